The van der Waals surface area contributed by atoms with Crippen LogP contribution in [0, 0.1) is 6.92 Å². The molecule has 1 saturated heterocycles. The van der Waals surface area contributed by atoms with Crippen molar-refractivity contribution in [2.75, 3.05) is 11.4 Å². The molecule has 3 heterocycles. The number of H-pyrrole nitrogens is 1. The van der Waals surface area contributed by atoms with Crippen molar-refractivity contribution in [3.05, 3.63) is 89.6 Å². The van der Waals surface area contributed by atoms with Crippen LogP contribution >= 0.6 is 0 Å². The molecule has 0 unspecified atom stereocenters. The molecule has 1 spiro atoms. The second-order valence-electron chi connectivity index (χ2n) is 11.1. The van der Waals surface area contributed by atoms with E-state index in [4.69, 9.17) is 4.99 Å². The minimum absolute atomic E-state index is 0.0584. The molecule has 0 bridgehead atoms. The van der Waals surface area contributed by atoms with Gasteiger partial charge in [-0.2, -0.15) is 0 Å². The van der Waals surface area contributed by atoms with E-state index in [0.717, 1.165) is 29.9 Å². The van der Waals surface area contributed by atoms with Crippen LogP contribution in [0.15, 0.2) is 77.9 Å². The molecule has 2 N–H and O–H groups in total. The smallest absolute Gasteiger partial charge is 0.253 e. The normalized spacial score (nSPS) is 23.5. The van der Waals surface area contributed by atoms with Gasteiger partial charge in [-0.3, -0.25) is 9.79 Å². The number of amidine groups is 1. The lowest BCUT2D eigenvalue weighted by Gasteiger charge is -2.42. The van der Waals surface area contributed by atoms with Crippen LogP contribution in [0.1, 0.15) is 55.2 Å². The molecule has 2 fully saturated rings. The van der Waals surface area contributed by atoms with Crippen LogP contribution in [0.2, 0.25) is 0 Å². The molecule has 3 aliphatic rings. The van der Waals surface area contributed by atoms with Crippen LogP contribution < -0.4 is 10.2 Å². The number of aromatic nitrogens is 1. The van der Waals surface area contributed by atoms with Crippen LogP contribution in [-0.2, 0) is 4.79 Å². The Balaban J connectivity index is 1.18. The Morgan fingerprint density at radius 3 is 2.73 bits per heavy atom. The Morgan fingerprint density at radius 1 is 1.03 bits per heavy atom. The molecule has 1 amide bonds. The molecule has 1 aliphatic carbocycles. The summed E-state index contributed by atoms with van der Waals surface area (Å²) >= 11 is 0. The fourth-order valence-electron chi connectivity index (χ4n) is 6.49. The molecule has 1 aromatic heterocycles. The van der Waals surface area contributed by atoms with E-state index in [0.29, 0.717) is 12.3 Å². The third kappa shape index (κ3) is 3.67. The first-order valence-electron chi connectivity index (χ1n) is 13.5. The fourth-order valence-corrected chi connectivity index (χ4v) is 6.49. The molecule has 1 saturated carbocycles. The molecule has 186 valence electrons. The van der Waals surface area contributed by atoms with Gasteiger partial charge in [0.05, 0.1) is 0 Å². The number of aryl methyl sites for hydroxylation is 1. The van der Waals surface area contributed by atoms with Crippen molar-refractivity contribution < 1.29 is 4.79 Å². The first-order chi connectivity index (χ1) is 18.0. The number of anilines is 1. The molecule has 5 heteroatoms. The number of aromatic amines is 1. The Hall–Kier alpha value is -3.86. The number of piperidine rings is 1. The van der Waals surface area contributed by atoms with E-state index < -0.39 is 5.54 Å². The van der Waals surface area contributed by atoms with Gasteiger partial charge in [0, 0.05) is 47.4 Å². The van der Waals surface area contributed by atoms with E-state index >= 15 is 0 Å². The molecule has 3 aromatic carbocycles. The highest BCUT2D eigenvalue weighted by molar-refractivity contribution is 6.16. The molecule has 2 aliphatic heterocycles. The number of rotatable bonds is 4. The van der Waals surface area contributed by atoms with Gasteiger partial charge in [-0.05, 0) is 85.5 Å². The van der Waals surface area contributed by atoms with E-state index in [1.54, 1.807) is 0 Å². The lowest BCUT2D eigenvalue weighted by atomic mass is 9.83. The second kappa shape index (κ2) is 8.34. The Bertz CT molecular complexity index is 1560. The molecule has 37 heavy (non-hydrogen) atoms. The Labute approximate surface area is 217 Å². The van der Waals surface area contributed by atoms with Gasteiger partial charge in [-0.15, -0.1) is 0 Å². The number of carbonyl (C=O) groups is 1. The number of nitrogens with one attached hydrogen (secondary N) is 2. The molecular weight excluding hydrogens is 456 g/mol. The number of carbonyl (C=O) groups excluding carboxylic acids is 1. The van der Waals surface area contributed by atoms with Crippen molar-refractivity contribution in [3.8, 4) is 11.1 Å². The largest absolute Gasteiger partial charge is 0.369 e. The monoisotopic (exact) mass is 488 g/mol. The SMILES string of the molecule is Cc1ccc2[nH]ccc2c1-c1cccc(N2CC[C@]3(C[C@@H]2C)N=C(c2ccccc2C2CC2)NC3=O)c1. The standard InChI is InChI=1S/C32H32N4O/c1-20-10-13-28-27(14-16-33-28)29(20)23-6-5-7-24(18-23)36-17-15-32(19-21(36)2)31(37)34-30(35-32)26-9-4-3-8-25(26)22-11-12-22/h3-10,13-14,16,18,21-22,33H,11-12,15,17,19H2,1-2H3,(H,34,35,37)/t21-,32+/m0/s1. The highest BCUT2D eigenvalue weighted by Gasteiger charge is 2.48. The minimum atomic E-state index is -0.674. The summed E-state index contributed by atoms with van der Waals surface area (Å²) < 4.78 is 0. The summed E-state index contributed by atoms with van der Waals surface area (Å²) in [6.07, 6.45) is 5.90. The van der Waals surface area contributed by atoms with E-state index in [1.165, 1.54) is 46.2 Å². The predicted molar refractivity (Wildman–Crippen MR) is 150 cm³/mol. The third-order valence-corrected chi connectivity index (χ3v) is 8.55. The summed E-state index contributed by atoms with van der Waals surface area (Å²) in [4.78, 5) is 24.2. The van der Waals surface area contributed by atoms with Crippen molar-refractivity contribution in [1.82, 2.24) is 10.3 Å². The van der Waals surface area contributed by atoms with Crippen LogP contribution in [0.5, 0.6) is 0 Å². The molecule has 5 nitrogen and oxygen atoms in total. The summed E-state index contributed by atoms with van der Waals surface area (Å²) in [6.45, 7) is 5.20. The zero-order chi connectivity index (χ0) is 25.1. The topological polar surface area (TPSA) is 60.5 Å². The summed E-state index contributed by atoms with van der Waals surface area (Å²) in [7, 11) is 0. The van der Waals surface area contributed by atoms with Gasteiger partial charge in [-0.25, -0.2) is 0 Å². The molecular formula is C32H32N4O. The van der Waals surface area contributed by atoms with Crippen LogP contribution in [0.25, 0.3) is 22.0 Å². The summed E-state index contributed by atoms with van der Waals surface area (Å²) in [5, 5.41) is 4.42. The maximum Gasteiger partial charge on any atom is 0.253 e. The minimum Gasteiger partial charge on any atom is -0.369 e. The quantitative estimate of drug-likeness (QED) is 0.353. The van der Waals surface area contributed by atoms with Crippen molar-refractivity contribution in [2.45, 2.75) is 57.0 Å². The van der Waals surface area contributed by atoms with Crippen LogP contribution in [-0.4, -0.2) is 34.9 Å². The Kier molecular flexibility index (Phi) is 5.04. The lowest BCUT2D eigenvalue weighted by Crippen LogP contribution is -2.53. The number of amides is 1. The average Bonchev–Trinajstić information content (AvgIpc) is 3.57. The number of hydrogen-bond donors (Lipinski definition) is 2. The number of aliphatic imine (C=N–C) groups is 1. The van der Waals surface area contributed by atoms with E-state index in [1.807, 2.05) is 6.20 Å². The highest BCUT2D eigenvalue weighted by atomic mass is 16.2. The van der Waals surface area contributed by atoms with Crippen LogP contribution in [0.4, 0.5) is 5.69 Å². The van der Waals surface area contributed by atoms with Crippen molar-refractivity contribution in [3.63, 3.8) is 0 Å². The summed E-state index contributed by atoms with van der Waals surface area (Å²) in [6, 6.07) is 24.0. The number of fused-ring (bicyclic) bond motifs is 1. The van der Waals surface area contributed by atoms with E-state index in [2.05, 4.69) is 95.8 Å². The van der Waals surface area contributed by atoms with E-state index in [9.17, 15) is 4.79 Å². The maximum atomic E-state index is 13.3. The van der Waals surface area contributed by atoms with Gasteiger partial charge in [-0.1, -0.05) is 42.5 Å². The fraction of sp³-hybridized carbons (Fsp3) is 0.312. The number of nitrogens with zero attached hydrogens (tertiary/aromatic N) is 2. The van der Waals surface area contributed by atoms with Gasteiger partial charge < -0.3 is 15.2 Å². The van der Waals surface area contributed by atoms with Gasteiger partial charge in [0.15, 0.2) is 0 Å². The third-order valence-electron chi connectivity index (χ3n) is 8.55. The summed E-state index contributed by atoms with van der Waals surface area (Å²) in [5.74, 6) is 1.44. The van der Waals surface area contributed by atoms with Gasteiger partial charge >= 0.3 is 0 Å². The maximum absolute atomic E-state index is 13.3. The average molecular weight is 489 g/mol. The van der Waals surface area contributed by atoms with E-state index in [-0.39, 0.29) is 11.9 Å². The molecule has 4 aromatic rings. The highest BCUT2D eigenvalue weighted by Crippen LogP contribution is 2.43. The predicted octanol–water partition coefficient (Wildman–Crippen LogP) is 6.32. The van der Waals surface area contributed by atoms with Crippen molar-refractivity contribution in [2.24, 2.45) is 4.99 Å². The van der Waals surface area contributed by atoms with Gasteiger partial charge in [0.2, 0.25) is 0 Å². The molecule has 0 radical (unpaired) electrons. The molecule has 2 atom stereocenters. The number of hydrogen-bond acceptors (Lipinski definition) is 3. The zero-order valence-corrected chi connectivity index (χ0v) is 21.4. The first-order valence-corrected chi connectivity index (χ1v) is 13.5. The van der Waals surface area contributed by atoms with Crippen molar-refractivity contribution in [1.29, 1.82) is 0 Å². The van der Waals surface area contributed by atoms with Gasteiger partial charge in [0.1, 0.15) is 11.4 Å². The summed E-state index contributed by atoms with van der Waals surface area (Å²) in [5.41, 5.74) is 7.89. The lowest BCUT2D eigenvalue weighted by molar-refractivity contribution is -0.124. The second-order valence-corrected chi connectivity index (χ2v) is 11.1. The zero-order valence-electron chi connectivity index (χ0n) is 21.4. The first kappa shape index (κ1) is 22.3. The van der Waals surface area contributed by atoms with Crippen molar-refractivity contribution >= 4 is 28.3 Å². The van der Waals surface area contributed by atoms with Crippen LogP contribution in [0.3, 0.4) is 0 Å². The number of benzene rings is 3. The molecule has 7 rings (SSSR count). The Morgan fingerprint density at radius 2 is 1.89 bits per heavy atom. The van der Waals surface area contributed by atoms with Gasteiger partial charge in [0.25, 0.3) is 5.91 Å².